The van der Waals surface area contributed by atoms with Gasteiger partial charge in [0.2, 0.25) is 0 Å². The quantitative estimate of drug-likeness (QED) is 0.744. The lowest BCUT2D eigenvalue weighted by Gasteiger charge is -2.03. The lowest BCUT2D eigenvalue weighted by atomic mass is 10.3. The number of Topliss-reactive ketones (excluding diaryl/α,β-unsaturated/α-hetero) is 1. The number of rotatable bonds is 5. The van der Waals surface area contributed by atoms with Gasteiger partial charge in [-0.25, -0.2) is 12.8 Å². The minimum Gasteiger partial charge on any atom is -0.300 e. The first-order valence-electron chi connectivity index (χ1n) is 4.89. The molecule has 0 bridgehead atoms. The van der Waals surface area contributed by atoms with Crippen LogP contribution in [0.15, 0.2) is 29.2 Å². The first kappa shape index (κ1) is 12.8. The summed E-state index contributed by atoms with van der Waals surface area (Å²) in [5, 5.41) is 0. The zero-order chi connectivity index (χ0) is 12.2. The third-order valence-electron chi connectivity index (χ3n) is 2.11. The van der Waals surface area contributed by atoms with Crippen molar-refractivity contribution < 1.29 is 17.6 Å². The average molecular weight is 244 g/mol. The Bertz CT molecular complexity index is 463. The molecule has 1 rings (SSSR count). The van der Waals surface area contributed by atoms with Gasteiger partial charge in [-0.3, -0.25) is 0 Å². The molecule has 0 N–H and O–H groups in total. The number of halogens is 1. The van der Waals surface area contributed by atoms with Crippen LogP contribution in [0.5, 0.6) is 0 Å². The summed E-state index contributed by atoms with van der Waals surface area (Å²) in [4.78, 5) is 10.8. The van der Waals surface area contributed by atoms with E-state index in [1.165, 1.54) is 19.1 Å². The molecule has 0 saturated carbocycles. The van der Waals surface area contributed by atoms with Crippen LogP contribution in [-0.4, -0.2) is 20.0 Å². The zero-order valence-electron chi connectivity index (χ0n) is 8.94. The topological polar surface area (TPSA) is 51.2 Å². The molecular weight excluding hydrogens is 231 g/mol. The van der Waals surface area contributed by atoms with Crippen LogP contribution in [0.1, 0.15) is 19.8 Å². The van der Waals surface area contributed by atoms with E-state index in [1.54, 1.807) is 0 Å². The highest BCUT2D eigenvalue weighted by atomic mass is 32.2. The van der Waals surface area contributed by atoms with Gasteiger partial charge in [0, 0.05) is 6.42 Å². The monoisotopic (exact) mass is 244 g/mol. The maximum Gasteiger partial charge on any atom is 0.178 e. The van der Waals surface area contributed by atoms with Crippen molar-refractivity contribution in [1.29, 1.82) is 0 Å². The second-order valence-corrected chi connectivity index (χ2v) is 5.69. The molecule has 0 aromatic heterocycles. The molecule has 0 heterocycles. The summed E-state index contributed by atoms with van der Waals surface area (Å²) >= 11 is 0. The van der Waals surface area contributed by atoms with Gasteiger partial charge in [0.15, 0.2) is 9.84 Å². The Morgan fingerprint density at radius 2 is 1.81 bits per heavy atom. The maximum atomic E-state index is 12.6. The Labute approximate surface area is 94.2 Å². The van der Waals surface area contributed by atoms with Gasteiger partial charge in [0.05, 0.1) is 10.6 Å². The Kier molecular flexibility index (Phi) is 4.18. The van der Waals surface area contributed by atoms with Crippen LogP contribution < -0.4 is 0 Å². The Hall–Kier alpha value is -1.23. The number of carbonyl (C=O) groups excluding carboxylic acids is 1. The molecule has 1 aromatic rings. The molecule has 0 aliphatic rings. The molecule has 16 heavy (non-hydrogen) atoms. The molecule has 1 aromatic carbocycles. The van der Waals surface area contributed by atoms with E-state index in [1.807, 2.05) is 0 Å². The SMILES string of the molecule is CC(=O)CCCS(=O)(=O)c1ccc(F)cc1. The fourth-order valence-electron chi connectivity index (χ4n) is 1.27. The summed E-state index contributed by atoms with van der Waals surface area (Å²) in [6, 6.07) is 4.69. The standard InChI is InChI=1S/C11H13FO3S/c1-9(13)3-2-8-16(14,15)11-6-4-10(12)5-7-11/h4-7H,2-3,8H2,1H3. The molecule has 0 unspecified atom stereocenters. The van der Waals surface area contributed by atoms with Crippen LogP contribution in [-0.2, 0) is 14.6 Å². The van der Waals surface area contributed by atoms with Crippen LogP contribution in [0.3, 0.4) is 0 Å². The molecule has 0 fully saturated rings. The van der Waals surface area contributed by atoms with E-state index in [0.717, 1.165) is 12.1 Å². The second kappa shape index (κ2) is 5.21. The van der Waals surface area contributed by atoms with Crippen molar-refractivity contribution in [3.8, 4) is 0 Å². The van der Waals surface area contributed by atoms with Gasteiger partial charge >= 0.3 is 0 Å². The lowest BCUT2D eigenvalue weighted by molar-refractivity contribution is -0.117. The Morgan fingerprint density at radius 3 is 2.31 bits per heavy atom. The summed E-state index contributed by atoms with van der Waals surface area (Å²) in [6.07, 6.45) is 0.551. The van der Waals surface area contributed by atoms with Crippen LogP contribution in [0, 0.1) is 5.82 Å². The summed E-state index contributed by atoms with van der Waals surface area (Å²) in [6.45, 7) is 1.42. The van der Waals surface area contributed by atoms with Crippen molar-refractivity contribution in [2.45, 2.75) is 24.7 Å². The average Bonchev–Trinajstić information content (AvgIpc) is 2.17. The number of sulfone groups is 1. The van der Waals surface area contributed by atoms with Crippen LogP contribution in [0.4, 0.5) is 4.39 Å². The third-order valence-corrected chi connectivity index (χ3v) is 3.93. The fourth-order valence-corrected chi connectivity index (χ4v) is 2.58. The van der Waals surface area contributed by atoms with Gasteiger partial charge in [-0.2, -0.15) is 0 Å². The number of hydrogen-bond acceptors (Lipinski definition) is 3. The predicted molar refractivity (Wildman–Crippen MR) is 58.4 cm³/mol. The minimum atomic E-state index is -3.39. The third kappa shape index (κ3) is 3.73. The van der Waals surface area contributed by atoms with Crippen LogP contribution in [0.25, 0.3) is 0 Å². The molecule has 5 heteroatoms. The Morgan fingerprint density at radius 1 is 1.25 bits per heavy atom. The van der Waals surface area contributed by atoms with E-state index in [9.17, 15) is 17.6 Å². The number of ketones is 1. The van der Waals surface area contributed by atoms with Gasteiger partial charge in [0.1, 0.15) is 11.6 Å². The normalized spacial score (nSPS) is 11.4. The molecule has 0 spiro atoms. The van der Waals surface area contributed by atoms with Crippen molar-refractivity contribution in [2.24, 2.45) is 0 Å². The van der Waals surface area contributed by atoms with Crippen molar-refractivity contribution in [1.82, 2.24) is 0 Å². The molecule has 3 nitrogen and oxygen atoms in total. The molecule has 0 saturated heterocycles. The lowest BCUT2D eigenvalue weighted by Crippen LogP contribution is -2.08. The van der Waals surface area contributed by atoms with Gasteiger partial charge in [-0.05, 0) is 37.6 Å². The van der Waals surface area contributed by atoms with Gasteiger partial charge in [0.25, 0.3) is 0 Å². The van der Waals surface area contributed by atoms with E-state index in [4.69, 9.17) is 0 Å². The summed E-state index contributed by atoms with van der Waals surface area (Å²) in [5.41, 5.74) is 0. The summed E-state index contributed by atoms with van der Waals surface area (Å²) in [5.74, 6) is -0.588. The maximum absolute atomic E-state index is 12.6. The van der Waals surface area contributed by atoms with Crippen molar-refractivity contribution in [3.05, 3.63) is 30.1 Å². The van der Waals surface area contributed by atoms with E-state index in [0.29, 0.717) is 6.42 Å². The van der Waals surface area contributed by atoms with Crippen molar-refractivity contribution in [3.63, 3.8) is 0 Å². The van der Waals surface area contributed by atoms with E-state index in [2.05, 4.69) is 0 Å². The molecular formula is C11H13FO3S. The molecule has 88 valence electrons. The molecule has 0 aliphatic heterocycles. The van der Waals surface area contributed by atoms with Crippen LogP contribution >= 0.6 is 0 Å². The molecule has 0 radical (unpaired) electrons. The first-order chi connectivity index (χ1) is 7.42. The van der Waals surface area contributed by atoms with Gasteiger partial charge in [-0.15, -0.1) is 0 Å². The fraction of sp³-hybridized carbons (Fsp3) is 0.364. The Balaban J connectivity index is 2.71. The molecule has 0 aliphatic carbocycles. The number of hydrogen-bond donors (Lipinski definition) is 0. The highest BCUT2D eigenvalue weighted by Gasteiger charge is 2.14. The zero-order valence-corrected chi connectivity index (χ0v) is 9.76. The van der Waals surface area contributed by atoms with E-state index >= 15 is 0 Å². The van der Waals surface area contributed by atoms with Crippen LogP contribution in [0.2, 0.25) is 0 Å². The molecule has 0 amide bonds. The number of carbonyl (C=O) groups is 1. The summed E-state index contributed by atoms with van der Waals surface area (Å²) < 4.78 is 36.0. The van der Waals surface area contributed by atoms with Crippen molar-refractivity contribution >= 4 is 15.6 Å². The van der Waals surface area contributed by atoms with Gasteiger partial charge < -0.3 is 4.79 Å². The second-order valence-electron chi connectivity index (χ2n) is 3.58. The predicted octanol–water partition coefficient (Wildman–Crippen LogP) is 1.97. The highest BCUT2D eigenvalue weighted by molar-refractivity contribution is 7.91. The largest absolute Gasteiger partial charge is 0.300 e. The summed E-state index contributed by atoms with van der Waals surface area (Å²) in [7, 11) is -3.39. The van der Waals surface area contributed by atoms with E-state index in [-0.39, 0.29) is 22.9 Å². The smallest absolute Gasteiger partial charge is 0.178 e. The first-order valence-corrected chi connectivity index (χ1v) is 6.55. The van der Waals surface area contributed by atoms with Gasteiger partial charge in [-0.1, -0.05) is 0 Å². The van der Waals surface area contributed by atoms with E-state index < -0.39 is 15.7 Å². The number of benzene rings is 1. The van der Waals surface area contributed by atoms with Crippen molar-refractivity contribution in [2.75, 3.05) is 5.75 Å². The molecule has 0 atom stereocenters. The highest BCUT2D eigenvalue weighted by Crippen LogP contribution is 2.13. The minimum absolute atomic E-state index is 0.0330.